The van der Waals surface area contributed by atoms with Crippen LogP contribution in [0.15, 0.2) is 48.5 Å². The summed E-state index contributed by atoms with van der Waals surface area (Å²) in [7, 11) is 0. The smallest absolute Gasteiger partial charge is 0.414 e. The number of aliphatic hydroxyl groups excluding tert-OH is 1. The third-order valence-electron chi connectivity index (χ3n) is 3.54. The molecule has 1 aliphatic rings. The summed E-state index contributed by atoms with van der Waals surface area (Å²) in [5, 5.41) is 9.12. The van der Waals surface area contributed by atoms with Crippen molar-refractivity contribution in [2.75, 3.05) is 18.1 Å². The Morgan fingerprint density at radius 2 is 2.00 bits per heavy atom. The summed E-state index contributed by atoms with van der Waals surface area (Å²) < 4.78 is 24.8. The van der Waals surface area contributed by atoms with Gasteiger partial charge >= 0.3 is 6.09 Å². The van der Waals surface area contributed by atoms with Crippen molar-refractivity contribution >= 4 is 11.8 Å². The van der Waals surface area contributed by atoms with E-state index >= 15 is 0 Å². The zero-order valence-corrected chi connectivity index (χ0v) is 12.3. The van der Waals surface area contributed by atoms with E-state index in [1.54, 1.807) is 6.07 Å². The van der Waals surface area contributed by atoms with E-state index in [4.69, 9.17) is 14.6 Å². The number of hydrogen-bond donors (Lipinski definition) is 1. The van der Waals surface area contributed by atoms with Crippen LogP contribution in [0.25, 0.3) is 0 Å². The lowest BCUT2D eigenvalue weighted by molar-refractivity contribution is 0.0963. The van der Waals surface area contributed by atoms with Crippen molar-refractivity contribution in [1.29, 1.82) is 0 Å². The number of carbonyl (C=O) groups excluding carboxylic acids is 1. The van der Waals surface area contributed by atoms with E-state index in [0.29, 0.717) is 5.69 Å². The van der Waals surface area contributed by atoms with Crippen molar-refractivity contribution in [3.05, 3.63) is 59.9 Å². The standard InChI is InChI=1S/C17H16FNO4/c18-14-7-4-8-15(19-9-13(10-20)23-17(19)21)16(14)22-11-12-5-2-1-3-6-12/h1-8,13,20H,9-11H2/t13-/m1/s1. The first-order chi connectivity index (χ1) is 11.2. The Morgan fingerprint density at radius 1 is 1.22 bits per heavy atom. The number of amides is 1. The van der Waals surface area contributed by atoms with Gasteiger partial charge < -0.3 is 14.6 Å². The summed E-state index contributed by atoms with van der Waals surface area (Å²) in [5.74, 6) is -0.564. The molecule has 0 radical (unpaired) electrons. The molecule has 2 aromatic carbocycles. The fraction of sp³-hybridized carbons (Fsp3) is 0.235. The van der Waals surface area contributed by atoms with Crippen LogP contribution in [0.4, 0.5) is 14.9 Å². The summed E-state index contributed by atoms with van der Waals surface area (Å²) in [6.07, 6.45) is -1.24. The van der Waals surface area contributed by atoms with Crippen LogP contribution >= 0.6 is 0 Å². The monoisotopic (exact) mass is 317 g/mol. The first-order valence-corrected chi connectivity index (χ1v) is 7.23. The number of para-hydroxylation sites is 1. The van der Waals surface area contributed by atoms with Gasteiger partial charge in [0.1, 0.15) is 12.7 Å². The van der Waals surface area contributed by atoms with Gasteiger partial charge in [0.2, 0.25) is 0 Å². The molecule has 1 atom stereocenters. The quantitative estimate of drug-likeness (QED) is 0.921. The molecule has 0 unspecified atom stereocenters. The van der Waals surface area contributed by atoms with Crippen LogP contribution in [-0.4, -0.2) is 30.5 Å². The third-order valence-corrected chi connectivity index (χ3v) is 3.54. The number of anilines is 1. The highest BCUT2D eigenvalue weighted by atomic mass is 19.1. The molecule has 1 saturated heterocycles. The molecule has 23 heavy (non-hydrogen) atoms. The van der Waals surface area contributed by atoms with Gasteiger partial charge in [0.25, 0.3) is 0 Å². The Kier molecular flexibility index (Phi) is 4.43. The number of rotatable bonds is 5. The predicted molar refractivity (Wildman–Crippen MR) is 81.9 cm³/mol. The van der Waals surface area contributed by atoms with Crippen molar-refractivity contribution in [2.45, 2.75) is 12.7 Å². The molecule has 6 heteroatoms. The number of cyclic esters (lactones) is 1. The number of hydrogen-bond acceptors (Lipinski definition) is 4. The molecule has 1 fully saturated rings. The van der Waals surface area contributed by atoms with E-state index in [0.717, 1.165) is 5.56 Å². The average Bonchev–Trinajstić information content (AvgIpc) is 2.95. The average molecular weight is 317 g/mol. The third kappa shape index (κ3) is 3.27. The molecular weight excluding hydrogens is 301 g/mol. The maximum atomic E-state index is 14.2. The van der Waals surface area contributed by atoms with E-state index in [-0.39, 0.29) is 25.5 Å². The van der Waals surface area contributed by atoms with Crippen LogP contribution in [-0.2, 0) is 11.3 Å². The van der Waals surface area contributed by atoms with Gasteiger partial charge in [0.15, 0.2) is 11.6 Å². The number of halogens is 1. The maximum Gasteiger partial charge on any atom is 0.414 e. The Morgan fingerprint density at radius 3 is 2.70 bits per heavy atom. The van der Waals surface area contributed by atoms with E-state index in [9.17, 15) is 9.18 Å². The second-order valence-corrected chi connectivity index (χ2v) is 5.16. The lowest BCUT2D eigenvalue weighted by Crippen LogP contribution is -2.26. The largest absolute Gasteiger partial charge is 0.484 e. The van der Waals surface area contributed by atoms with E-state index in [1.165, 1.54) is 17.0 Å². The van der Waals surface area contributed by atoms with Crippen LogP contribution in [0.5, 0.6) is 5.75 Å². The molecule has 0 spiro atoms. The van der Waals surface area contributed by atoms with Crippen molar-refractivity contribution in [2.24, 2.45) is 0 Å². The van der Waals surface area contributed by atoms with Crippen LogP contribution in [0.1, 0.15) is 5.56 Å². The Labute approximate surface area is 132 Å². The van der Waals surface area contributed by atoms with Gasteiger partial charge in [-0.1, -0.05) is 36.4 Å². The predicted octanol–water partition coefficient (Wildman–Crippen LogP) is 2.72. The molecule has 0 aromatic heterocycles. The maximum absolute atomic E-state index is 14.2. The molecule has 1 aliphatic heterocycles. The lowest BCUT2D eigenvalue weighted by atomic mass is 10.2. The van der Waals surface area contributed by atoms with Gasteiger partial charge in [-0.15, -0.1) is 0 Å². The Hall–Kier alpha value is -2.60. The van der Waals surface area contributed by atoms with Gasteiger partial charge in [0.05, 0.1) is 18.8 Å². The molecule has 5 nitrogen and oxygen atoms in total. The molecule has 0 bridgehead atoms. The van der Waals surface area contributed by atoms with Gasteiger partial charge in [-0.3, -0.25) is 4.90 Å². The van der Waals surface area contributed by atoms with Crippen molar-refractivity contribution in [3.8, 4) is 5.75 Å². The van der Waals surface area contributed by atoms with Crippen LogP contribution in [0.3, 0.4) is 0 Å². The van der Waals surface area contributed by atoms with E-state index in [1.807, 2.05) is 30.3 Å². The molecule has 1 amide bonds. The first kappa shape index (κ1) is 15.3. The summed E-state index contributed by atoms with van der Waals surface area (Å²) >= 11 is 0. The first-order valence-electron chi connectivity index (χ1n) is 7.23. The fourth-order valence-electron chi connectivity index (χ4n) is 2.40. The van der Waals surface area contributed by atoms with Crippen LogP contribution in [0.2, 0.25) is 0 Å². The Bertz CT molecular complexity index is 692. The number of aliphatic hydroxyl groups is 1. The molecule has 3 rings (SSSR count). The minimum atomic E-state index is -0.626. The van der Waals surface area contributed by atoms with Gasteiger partial charge in [-0.05, 0) is 17.7 Å². The lowest BCUT2D eigenvalue weighted by Gasteiger charge is -2.18. The van der Waals surface area contributed by atoms with Crippen molar-refractivity contribution in [1.82, 2.24) is 0 Å². The molecular formula is C17H16FNO4. The minimum Gasteiger partial charge on any atom is -0.484 e. The van der Waals surface area contributed by atoms with E-state index in [2.05, 4.69) is 0 Å². The molecule has 1 N–H and O–H groups in total. The number of nitrogens with zero attached hydrogens (tertiary/aromatic N) is 1. The fourth-order valence-corrected chi connectivity index (χ4v) is 2.40. The van der Waals surface area contributed by atoms with Gasteiger partial charge in [-0.25, -0.2) is 9.18 Å². The molecule has 120 valence electrons. The number of carbonyl (C=O) groups is 1. The zero-order valence-electron chi connectivity index (χ0n) is 12.3. The molecule has 2 aromatic rings. The van der Waals surface area contributed by atoms with Crippen molar-refractivity contribution < 1.29 is 23.8 Å². The summed E-state index contributed by atoms with van der Waals surface area (Å²) in [4.78, 5) is 13.2. The van der Waals surface area contributed by atoms with E-state index < -0.39 is 18.0 Å². The van der Waals surface area contributed by atoms with Gasteiger partial charge in [0, 0.05) is 0 Å². The SMILES string of the molecule is O=C1O[C@@H](CO)CN1c1cccc(F)c1OCc1ccccc1. The van der Waals surface area contributed by atoms with Crippen LogP contribution < -0.4 is 9.64 Å². The summed E-state index contributed by atoms with van der Waals surface area (Å²) in [6, 6.07) is 13.7. The minimum absolute atomic E-state index is 0.00751. The zero-order chi connectivity index (χ0) is 16.2. The molecule has 0 aliphatic carbocycles. The topological polar surface area (TPSA) is 59.0 Å². The highest BCUT2D eigenvalue weighted by molar-refractivity contribution is 5.91. The normalized spacial score (nSPS) is 17.2. The Balaban J connectivity index is 1.84. The number of benzene rings is 2. The highest BCUT2D eigenvalue weighted by Gasteiger charge is 2.34. The summed E-state index contributed by atoms with van der Waals surface area (Å²) in [6.45, 7) is 0.0549. The summed E-state index contributed by atoms with van der Waals surface area (Å²) in [5.41, 5.74) is 1.18. The second kappa shape index (κ2) is 6.66. The second-order valence-electron chi connectivity index (χ2n) is 5.16. The molecule has 1 heterocycles. The number of ether oxygens (including phenoxy) is 2. The highest BCUT2D eigenvalue weighted by Crippen LogP contribution is 2.34. The van der Waals surface area contributed by atoms with Crippen molar-refractivity contribution in [3.63, 3.8) is 0 Å². The van der Waals surface area contributed by atoms with Gasteiger partial charge in [-0.2, -0.15) is 0 Å². The van der Waals surface area contributed by atoms with Crippen LogP contribution in [0, 0.1) is 5.82 Å². The molecule has 0 saturated carbocycles.